The van der Waals surface area contributed by atoms with Crippen LogP contribution in [0, 0.1) is 5.82 Å². The Bertz CT molecular complexity index is 2030. The Morgan fingerprint density at radius 1 is 0.898 bits per heavy atom. The van der Waals surface area contributed by atoms with Crippen LogP contribution in [0.5, 0.6) is 11.6 Å². The molecule has 0 saturated heterocycles. The summed E-state index contributed by atoms with van der Waals surface area (Å²) in [7, 11) is -3.45. The van der Waals surface area contributed by atoms with Gasteiger partial charge in [-0.15, -0.1) is 0 Å². The summed E-state index contributed by atoms with van der Waals surface area (Å²) in [6, 6.07) is 23.4. The largest absolute Gasteiger partial charge is 0.438 e. The highest BCUT2D eigenvalue weighted by molar-refractivity contribution is 7.85. The summed E-state index contributed by atoms with van der Waals surface area (Å²) in [5.74, 6) is -0.981. The number of rotatable bonds is 12. The van der Waals surface area contributed by atoms with Crippen molar-refractivity contribution in [3.63, 3.8) is 0 Å². The molecule has 3 heterocycles. The molecule has 2 amide bonds. The summed E-state index contributed by atoms with van der Waals surface area (Å²) in [6.07, 6.45) is 7.67. The van der Waals surface area contributed by atoms with Crippen LogP contribution in [0.1, 0.15) is 58.5 Å². The lowest BCUT2D eigenvalue weighted by molar-refractivity contribution is 0.0887. The molecule has 5 aromatic rings. The summed E-state index contributed by atoms with van der Waals surface area (Å²) < 4.78 is 49.1. The van der Waals surface area contributed by atoms with Gasteiger partial charge in [-0.2, -0.15) is 13.5 Å². The van der Waals surface area contributed by atoms with E-state index in [4.69, 9.17) is 8.92 Å². The van der Waals surface area contributed by atoms with Gasteiger partial charge in [-0.1, -0.05) is 42.5 Å². The molecule has 49 heavy (non-hydrogen) atoms. The van der Waals surface area contributed by atoms with E-state index in [2.05, 4.69) is 20.7 Å². The van der Waals surface area contributed by atoms with Gasteiger partial charge in [-0.05, 0) is 91.6 Å². The lowest BCUT2D eigenvalue weighted by atomic mass is 9.91. The van der Waals surface area contributed by atoms with Gasteiger partial charge in [-0.25, -0.2) is 13.9 Å². The molecule has 13 heteroatoms. The number of halogens is 1. The Morgan fingerprint density at radius 3 is 2.35 bits per heavy atom. The van der Waals surface area contributed by atoms with Crippen LogP contribution >= 0.6 is 0 Å². The molecule has 254 valence electrons. The normalized spacial score (nSPS) is 16.3. The number of pyridine rings is 2. The zero-order valence-corrected chi connectivity index (χ0v) is 27.7. The average molecular weight is 686 g/mol. The van der Waals surface area contributed by atoms with Crippen molar-refractivity contribution in [2.24, 2.45) is 0 Å². The molecule has 1 aliphatic carbocycles. The molecule has 0 spiro atoms. The number of aromatic nitrogens is 3. The van der Waals surface area contributed by atoms with Crippen molar-refractivity contribution in [3.05, 3.63) is 114 Å². The van der Waals surface area contributed by atoms with Crippen molar-refractivity contribution in [1.29, 1.82) is 0 Å². The van der Waals surface area contributed by atoms with E-state index in [1.807, 2.05) is 60.7 Å². The molecule has 3 aromatic heterocycles. The summed E-state index contributed by atoms with van der Waals surface area (Å²) in [6.45, 7) is 0.129. The second-order valence-corrected chi connectivity index (χ2v) is 13.7. The molecule has 1 fully saturated rings. The Kier molecular flexibility index (Phi) is 10.3. The third-order valence-electron chi connectivity index (χ3n) is 8.31. The molecule has 2 aromatic carbocycles. The molecule has 0 atom stereocenters. The number of ether oxygens (including phenoxy) is 1. The van der Waals surface area contributed by atoms with Gasteiger partial charge in [0, 0.05) is 18.3 Å². The molecule has 1 saturated carbocycles. The Morgan fingerprint density at radius 2 is 1.63 bits per heavy atom. The third kappa shape index (κ3) is 9.06. The fraction of sp³-hybridized carbons (Fsp3) is 0.278. The van der Waals surface area contributed by atoms with Gasteiger partial charge < -0.3 is 15.4 Å². The number of hydrogen-bond donors (Lipinski definition) is 2. The van der Waals surface area contributed by atoms with Crippen LogP contribution < -0.4 is 15.4 Å². The summed E-state index contributed by atoms with van der Waals surface area (Å²) >= 11 is 0. The highest BCUT2D eigenvalue weighted by Gasteiger charge is 2.26. The molecule has 0 bridgehead atoms. The molecule has 2 N–H and O–H groups in total. The van der Waals surface area contributed by atoms with Crippen molar-refractivity contribution >= 4 is 27.4 Å². The smallest absolute Gasteiger partial charge is 0.272 e. The van der Waals surface area contributed by atoms with Crippen molar-refractivity contribution in [3.8, 4) is 22.8 Å². The SMILES string of the molecule is CS(=O)(=O)OCCCc1ccc(-c2cccc(Oc3ncc(F)cc3C(=O)N[C@H]3CC[C@H](NC(=O)c4cc5ccccn5n4)CC3)c2)cc1. The summed E-state index contributed by atoms with van der Waals surface area (Å²) in [5.41, 5.74) is 4.00. The number of aryl methyl sites for hydroxylation is 1. The molecule has 1 aliphatic rings. The lowest BCUT2D eigenvalue weighted by Crippen LogP contribution is -2.44. The van der Waals surface area contributed by atoms with Gasteiger partial charge in [-0.3, -0.25) is 13.8 Å². The first-order chi connectivity index (χ1) is 23.6. The topological polar surface area (TPSA) is 141 Å². The predicted octanol–water partition coefficient (Wildman–Crippen LogP) is 5.71. The molecule has 0 unspecified atom stereocenters. The average Bonchev–Trinajstić information content (AvgIpc) is 3.53. The Balaban J connectivity index is 1.04. The third-order valence-corrected chi connectivity index (χ3v) is 8.90. The minimum Gasteiger partial charge on any atom is -0.438 e. The van der Waals surface area contributed by atoms with Crippen molar-refractivity contribution in [1.82, 2.24) is 25.2 Å². The van der Waals surface area contributed by atoms with Gasteiger partial charge in [0.25, 0.3) is 21.9 Å². The maximum Gasteiger partial charge on any atom is 0.272 e. The minimum atomic E-state index is -3.45. The van der Waals surface area contributed by atoms with E-state index in [1.54, 1.807) is 22.8 Å². The molecular weight excluding hydrogens is 649 g/mol. The number of carbonyl (C=O) groups is 2. The minimum absolute atomic E-state index is 0.0168. The van der Waals surface area contributed by atoms with Gasteiger partial charge in [0.15, 0.2) is 5.69 Å². The van der Waals surface area contributed by atoms with E-state index in [-0.39, 0.29) is 36.0 Å². The second kappa shape index (κ2) is 15.0. The number of nitrogens with one attached hydrogen (secondary N) is 2. The van der Waals surface area contributed by atoms with E-state index in [0.29, 0.717) is 50.0 Å². The quantitative estimate of drug-likeness (QED) is 0.126. The fourth-order valence-corrected chi connectivity index (χ4v) is 6.25. The monoisotopic (exact) mass is 685 g/mol. The van der Waals surface area contributed by atoms with Crippen LogP contribution in [0.3, 0.4) is 0 Å². The fourth-order valence-electron chi connectivity index (χ4n) is 5.83. The van der Waals surface area contributed by atoms with E-state index in [0.717, 1.165) is 40.7 Å². The Labute approximate surface area is 283 Å². The standard InChI is InChI=1S/C36H36FN5O6S/c1-49(45,46)47-19-5-6-24-10-12-25(13-11-24)26-7-4-9-31(20-26)48-36-32(21-27(37)23-38-36)34(43)39-28-14-16-29(17-15-28)40-35(44)33-22-30-8-2-3-18-42(30)41-33/h2-4,7-13,18,20-23,28-29H,5-6,14-17,19H2,1H3,(H,39,43)(H,40,44)/t28-,29-. The highest BCUT2D eigenvalue weighted by atomic mass is 32.2. The van der Waals surface area contributed by atoms with Crippen LogP contribution in [0.15, 0.2) is 91.3 Å². The molecule has 0 aliphatic heterocycles. The maximum atomic E-state index is 14.3. The zero-order chi connectivity index (χ0) is 34.4. The van der Waals surface area contributed by atoms with Crippen LogP contribution in [0.25, 0.3) is 16.6 Å². The zero-order valence-electron chi connectivity index (χ0n) is 26.8. The number of benzene rings is 2. The van der Waals surface area contributed by atoms with Crippen LogP contribution in [-0.4, -0.2) is 59.8 Å². The van der Waals surface area contributed by atoms with Crippen molar-refractivity contribution in [2.45, 2.75) is 50.6 Å². The number of fused-ring (bicyclic) bond motifs is 1. The summed E-state index contributed by atoms with van der Waals surface area (Å²) in [5, 5.41) is 10.4. The van der Waals surface area contributed by atoms with Gasteiger partial charge in [0.2, 0.25) is 5.88 Å². The van der Waals surface area contributed by atoms with Gasteiger partial charge in [0.1, 0.15) is 17.1 Å². The maximum absolute atomic E-state index is 14.3. The van der Waals surface area contributed by atoms with Crippen molar-refractivity contribution in [2.75, 3.05) is 12.9 Å². The second-order valence-electron chi connectivity index (χ2n) is 12.1. The number of carbonyl (C=O) groups excluding carboxylic acids is 2. The van der Waals surface area contributed by atoms with Crippen LogP contribution in [-0.2, 0) is 20.7 Å². The molecule has 6 rings (SSSR count). The van der Waals surface area contributed by atoms with E-state index >= 15 is 0 Å². The van der Waals surface area contributed by atoms with Crippen molar-refractivity contribution < 1.29 is 31.3 Å². The lowest BCUT2D eigenvalue weighted by Gasteiger charge is -2.29. The number of hydrogen-bond acceptors (Lipinski definition) is 8. The number of amides is 2. The Hall–Kier alpha value is -5.14. The molecular formula is C36H36FN5O6S. The predicted molar refractivity (Wildman–Crippen MR) is 181 cm³/mol. The van der Waals surface area contributed by atoms with Crippen LogP contribution in [0.4, 0.5) is 4.39 Å². The van der Waals surface area contributed by atoms with E-state index in [9.17, 15) is 22.4 Å². The van der Waals surface area contributed by atoms with E-state index in [1.165, 1.54) is 0 Å². The first kappa shape index (κ1) is 33.7. The van der Waals surface area contributed by atoms with E-state index < -0.39 is 21.8 Å². The van der Waals surface area contributed by atoms with Gasteiger partial charge >= 0.3 is 0 Å². The summed E-state index contributed by atoms with van der Waals surface area (Å²) in [4.78, 5) is 30.2. The molecule has 11 nitrogen and oxygen atoms in total. The number of nitrogens with zero attached hydrogens (tertiary/aromatic N) is 3. The van der Waals surface area contributed by atoms with Crippen LogP contribution in [0.2, 0.25) is 0 Å². The van der Waals surface area contributed by atoms with Gasteiger partial charge in [0.05, 0.1) is 24.6 Å². The molecule has 0 radical (unpaired) electrons. The highest BCUT2D eigenvalue weighted by Crippen LogP contribution is 2.29. The first-order valence-electron chi connectivity index (χ1n) is 16.0. The first-order valence-corrected chi connectivity index (χ1v) is 17.8.